The Balaban J connectivity index is 3.37. The molecule has 1 aromatic rings. The zero-order chi connectivity index (χ0) is 13.3. The maximum Gasteiger partial charge on any atom is 0.240 e. The number of rotatable bonds is 4. The molecule has 0 bridgehead atoms. The Labute approximate surface area is 98.7 Å². The van der Waals surface area contributed by atoms with Crippen molar-refractivity contribution in [1.82, 2.24) is 0 Å². The number of anilines is 1. The van der Waals surface area contributed by atoms with Gasteiger partial charge in [0.25, 0.3) is 0 Å². The third-order valence-corrected chi connectivity index (χ3v) is 4.15. The molecular formula is C8H11FN2O4S2. The van der Waals surface area contributed by atoms with Gasteiger partial charge in [0, 0.05) is 0 Å². The van der Waals surface area contributed by atoms with Gasteiger partial charge >= 0.3 is 0 Å². The fraction of sp³-hybridized carbons (Fsp3) is 0.250. The molecule has 0 saturated heterocycles. The van der Waals surface area contributed by atoms with E-state index in [1.165, 1.54) is 6.92 Å². The van der Waals surface area contributed by atoms with Gasteiger partial charge in [0.15, 0.2) is 0 Å². The molecule has 9 heteroatoms. The van der Waals surface area contributed by atoms with Gasteiger partial charge in [-0.1, -0.05) is 0 Å². The Morgan fingerprint density at radius 1 is 1.29 bits per heavy atom. The van der Waals surface area contributed by atoms with Crippen molar-refractivity contribution >= 4 is 25.7 Å². The topological polar surface area (TPSA) is 106 Å². The van der Waals surface area contributed by atoms with Crippen LogP contribution in [0.3, 0.4) is 0 Å². The molecule has 6 nitrogen and oxygen atoms in total. The largest absolute Gasteiger partial charge is 0.282 e. The van der Waals surface area contributed by atoms with E-state index in [0.717, 1.165) is 18.2 Å². The maximum absolute atomic E-state index is 12.9. The Hall–Kier alpha value is -1.19. The molecule has 96 valence electrons. The van der Waals surface area contributed by atoms with Gasteiger partial charge in [0.1, 0.15) is 10.7 Å². The molecule has 3 N–H and O–H groups in total. The van der Waals surface area contributed by atoms with Gasteiger partial charge in [-0.3, -0.25) is 4.72 Å². The number of nitrogens with one attached hydrogen (secondary N) is 1. The van der Waals surface area contributed by atoms with E-state index in [4.69, 9.17) is 5.14 Å². The first-order chi connectivity index (χ1) is 7.65. The van der Waals surface area contributed by atoms with Crippen LogP contribution in [0.1, 0.15) is 6.92 Å². The summed E-state index contributed by atoms with van der Waals surface area (Å²) in [6, 6.07) is 2.54. The number of halogens is 1. The summed E-state index contributed by atoms with van der Waals surface area (Å²) in [6.07, 6.45) is 0. The van der Waals surface area contributed by atoms with Gasteiger partial charge in [-0.25, -0.2) is 26.4 Å². The molecule has 1 rings (SSSR count). The maximum atomic E-state index is 12.9. The molecule has 1 aromatic carbocycles. The molecule has 0 heterocycles. The first-order valence-corrected chi connectivity index (χ1v) is 7.68. The minimum Gasteiger partial charge on any atom is -0.282 e. The van der Waals surface area contributed by atoms with Gasteiger partial charge in [-0.2, -0.15) is 0 Å². The number of sulfonamides is 2. The van der Waals surface area contributed by atoms with Gasteiger partial charge < -0.3 is 0 Å². The van der Waals surface area contributed by atoms with Crippen LogP contribution in [0.15, 0.2) is 23.1 Å². The van der Waals surface area contributed by atoms with Crippen molar-refractivity contribution in [3.05, 3.63) is 24.0 Å². The summed E-state index contributed by atoms with van der Waals surface area (Å²) in [5.74, 6) is -1.04. The molecule has 0 aromatic heterocycles. The Morgan fingerprint density at radius 3 is 2.35 bits per heavy atom. The lowest BCUT2D eigenvalue weighted by atomic mass is 10.3. The second-order valence-corrected chi connectivity index (χ2v) is 6.73. The average Bonchev–Trinajstić information content (AvgIpc) is 2.15. The molecule has 0 aliphatic rings. The number of hydrogen-bond donors (Lipinski definition) is 2. The van der Waals surface area contributed by atoms with Crippen LogP contribution in [0, 0.1) is 5.82 Å². The molecule has 0 aliphatic carbocycles. The Kier molecular flexibility index (Phi) is 3.74. The molecule has 0 saturated carbocycles. The van der Waals surface area contributed by atoms with Crippen molar-refractivity contribution in [2.45, 2.75) is 11.8 Å². The molecule has 0 aliphatic heterocycles. The first-order valence-electron chi connectivity index (χ1n) is 4.48. The van der Waals surface area contributed by atoms with Gasteiger partial charge in [0.05, 0.1) is 11.4 Å². The minimum atomic E-state index is -4.12. The van der Waals surface area contributed by atoms with E-state index in [-0.39, 0.29) is 5.75 Å². The first kappa shape index (κ1) is 13.9. The highest BCUT2D eigenvalue weighted by Crippen LogP contribution is 2.22. The lowest BCUT2D eigenvalue weighted by Gasteiger charge is -2.10. The predicted molar refractivity (Wildman–Crippen MR) is 60.9 cm³/mol. The van der Waals surface area contributed by atoms with Crippen molar-refractivity contribution in [3.63, 3.8) is 0 Å². The average molecular weight is 282 g/mol. The summed E-state index contributed by atoms with van der Waals surface area (Å²) >= 11 is 0. The lowest BCUT2D eigenvalue weighted by molar-refractivity contribution is 0.597. The second-order valence-electron chi connectivity index (χ2n) is 3.19. The Bertz CT molecular complexity index is 625. The zero-order valence-electron chi connectivity index (χ0n) is 8.84. The lowest BCUT2D eigenvalue weighted by Crippen LogP contribution is -2.19. The number of benzene rings is 1. The van der Waals surface area contributed by atoms with E-state index >= 15 is 0 Å². The molecule has 0 atom stereocenters. The third kappa shape index (κ3) is 3.65. The summed E-state index contributed by atoms with van der Waals surface area (Å²) in [6.45, 7) is 1.36. The second kappa shape index (κ2) is 4.59. The summed E-state index contributed by atoms with van der Waals surface area (Å²) in [4.78, 5) is -0.476. The van der Waals surface area contributed by atoms with Gasteiger partial charge in [0.2, 0.25) is 20.0 Å². The molecule has 0 spiro atoms. The standard InChI is InChI=1S/C8H11FN2O4S2/c1-2-16(12,13)11-7-5-6(9)3-4-8(7)17(10,14)15/h3-5,11H,2H2,1H3,(H2,10,14,15). The molecule has 0 radical (unpaired) electrons. The third-order valence-electron chi connectivity index (χ3n) is 1.89. The van der Waals surface area contributed by atoms with Crippen LogP contribution < -0.4 is 9.86 Å². The van der Waals surface area contributed by atoms with Crippen molar-refractivity contribution in [1.29, 1.82) is 0 Å². The SMILES string of the molecule is CCS(=O)(=O)Nc1cc(F)ccc1S(N)(=O)=O. The minimum absolute atomic E-state index is 0.270. The molecule has 0 fully saturated rings. The highest BCUT2D eigenvalue weighted by Gasteiger charge is 2.18. The monoisotopic (exact) mass is 282 g/mol. The van der Waals surface area contributed by atoms with Crippen molar-refractivity contribution in [3.8, 4) is 0 Å². The molecule has 0 amide bonds. The normalized spacial score (nSPS) is 12.4. The fourth-order valence-corrected chi connectivity index (χ4v) is 2.46. The summed E-state index contributed by atoms with van der Waals surface area (Å²) in [5.41, 5.74) is -0.394. The van der Waals surface area contributed by atoms with Crippen LogP contribution in [0.4, 0.5) is 10.1 Å². The van der Waals surface area contributed by atoms with Crippen molar-refractivity contribution < 1.29 is 21.2 Å². The number of nitrogens with two attached hydrogens (primary N) is 1. The smallest absolute Gasteiger partial charge is 0.240 e. The van der Waals surface area contributed by atoms with Crippen LogP contribution in [-0.2, 0) is 20.0 Å². The van der Waals surface area contributed by atoms with Gasteiger partial charge in [-0.15, -0.1) is 0 Å². The van der Waals surface area contributed by atoms with Crippen LogP contribution in [0.5, 0.6) is 0 Å². The van der Waals surface area contributed by atoms with E-state index in [2.05, 4.69) is 0 Å². The highest BCUT2D eigenvalue weighted by molar-refractivity contribution is 7.93. The van der Waals surface area contributed by atoms with Crippen LogP contribution in [-0.4, -0.2) is 22.6 Å². The molecule has 0 unspecified atom stereocenters. The predicted octanol–water partition coefficient (Wildman–Crippen LogP) is 0.235. The summed E-state index contributed by atoms with van der Waals surface area (Å²) in [5, 5.41) is 4.88. The zero-order valence-corrected chi connectivity index (χ0v) is 10.5. The summed E-state index contributed by atoms with van der Waals surface area (Å²) in [7, 11) is -7.83. The quantitative estimate of drug-likeness (QED) is 0.824. The number of hydrogen-bond acceptors (Lipinski definition) is 4. The van der Waals surface area contributed by atoms with Gasteiger partial charge in [-0.05, 0) is 25.1 Å². The highest BCUT2D eigenvalue weighted by atomic mass is 32.2. The van der Waals surface area contributed by atoms with E-state index in [0.29, 0.717) is 0 Å². The van der Waals surface area contributed by atoms with E-state index in [1.807, 2.05) is 4.72 Å². The van der Waals surface area contributed by atoms with Crippen molar-refractivity contribution in [2.75, 3.05) is 10.5 Å². The van der Waals surface area contributed by atoms with Crippen LogP contribution in [0.2, 0.25) is 0 Å². The van der Waals surface area contributed by atoms with E-state index < -0.39 is 36.4 Å². The van der Waals surface area contributed by atoms with Crippen LogP contribution in [0.25, 0.3) is 0 Å². The van der Waals surface area contributed by atoms with Crippen LogP contribution >= 0.6 is 0 Å². The van der Waals surface area contributed by atoms with Crippen molar-refractivity contribution in [2.24, 2.45) is 5.14 Å². The Morgan fingerprint density at radius 2 is 1.88 bits per heavy atom. The number of primary sulfonamides is 1. The van der Waals surface area contributed by atoms with E-state index in [9.17, 15) is 21.2 Å². The fourth-order valence-electron chi connectivity index (χ4n) is 1.07. The molecule has 17 heavy (non-hydrogen) atoms. The molecular weight excluding hydrogens is 271 g/mol. The summed E-state index contributed by atoms with van der Waals surface area (Å²) < 4.78 is 59.8. The van der Waals surface area contributed by atoms with E-state index in [1.54, 1.807) is 0 Å².